The Labute approximate surface area is 125 Å². The highest BCUT2D eigenvalue weighted by Crippen LogP contribution is 2.24. The van der Waals surface area contributed by atoms with Crippen molar-refractivity contribution < 1.29 is 19.7 Å². The average Bonchev–Trinajstić information content (AvgIpc) is 2.47. The number of amides is 2. The molecule has 7 nitrogen and oxygen atoms in total. The second-order valence-corrected chi connectivity index (χ2v) is 5.49. The summed E-state index contributed by atoms with van der Waals surface area (Å²) in [6, 6.07) is 6.88. The third-order valence-corrected chi connectivity index (χ3v) is 3.95. The fourth-order valence-corrected chi connectivity index (χ4v) is 2.65. The molecule has 8 heteroatoms. The minimum atomic E-state index is -0.603. The largest absolute Gasteiger partial charge is 0.497 e. The van der Waals surface area contributed by atoms with Gasteiger partial charge in [0, 0.05) is 5.69 Å². The summed E-state index contributed by atoms with van der Waals surface area (Å²) < 4.78 is 5.04. The number of rotatable bonds is 4. The first kappa shape index (κ1) is 15.0. The number of anilines is 1. The van der Waals surface area contributed by atoms with E-state index in [1.165, 1.54) is 0 Å². The average molecular weight is 307 g/mol. The fourth-order valence-electron chi connectivity index (χ4n) is 1.70. The van der Waals surface area contributed by atoms with Gasteiger partial charge in [0.15, 0.2) is 5.04 Å². The van der Waals surface area contributed by atoms with Gasteiger partial charge in [-0.05, 0) is 24.3 Å². The second-order valence-electron chi connectivity index (χ2n) is 4.29. The number of amidine groups is 1. The molecule has 1 atom stereocenters. The monoisotopic (exact) mass is 307 g/mol. The van der Waals surface area contributed by atoms with Crippen LogP contribution in [0.2, 0.25) is 0 Å². The Hall–Kier alpha value is -2.35. The van der Waals surface area contributed by atoms with E-state index in [-0.39, 0.29) is 23.2 Å². The maximum atomic E-state index is 12.2. The topological polar surface area (TPSA) is 119 Å². The number of hydrogen-bond donors (Lipinski definition) is 3. The summed E-state index contributed by atoms with van der Waals surface area (Å²) in [7, 11) is 1.56. The van der Waals surface area contributed by atoms with Crippen LogP contribution < -0.4 is 21.2 Å². The minimum absolute atomic E-state index is 0.0173. The highest BCUT2D eigenvalue weighted by atomic mass is 32.2. The number of hydrogen-bond acceptors (Lipinski definition) is 4. The van der Waals surface area contributed by atoms with Crippen LogP contribution in [0.4, 0.5) is 5.69 Å². The van der Waals surface area contributed by atoms with Gasteiger partial charge >= 0.3 is 0 Å². The van der Waals surface area contributed by atoms with E-state index < -0.39 is 11.2 Å². The van der Waals surface area contributed by atoms with Gasteiger partial charge in [0.2, 0.25) is 11.8 Å². The Morgan fingerprint density at radius 1 is 1.48 bits per heavy atom. The molecule has 0 radical (unpaired) electrons. The molecule has 0 saturated carbocycles. The van der Waals surface area contributed by atoms with Crippen LogP contribution in [0.5, 0.6) is 5.75 Å². The van der Waals surface area contributed by atoms with Crippen LogP contribution in [0.1, 0.15) is 6.42 Å². The molecule has 5 N–H and O–H groups in total. The molecule has 1 heterocycles. The maximum Gasteiger partial charge on any atom is 0.296 e. The van der Waals surface area contributed by atoms with Crippen molar-refractivity contribution in [2.45, 2.75) is 11.7 Å². The second kappa shape index (κ2) is 6.40. The first-order chi connectivity index (χ1) is 9.99. The Bertz CT molecular complexity index is 612. The molecule has 1 aromatic rings. The van der Waals surface area contributed by atoms with Crippen LogP contribution >= 0.6 is 11.8 Å². The van der Waals surface area contributed by atoms with Gasteiger partial charge in [0.25, 0.3) is 5.84 Å². The summed E-state index contributed by atoms with van der Waals surface area (Å²) in [5.41, 5.74) is 6.03. The molecule has 1 aliphatic rings. The number of ether oxygens (including phenoxy) is 1. The Morgan fingerprint density at radius 2 is 2.14 bits per heavy atom. The molecule has 21 heavy (non-hydrogen) atoms. The van der Waals surface area contributed by atoms with E-state index >= 15 is 0 Å². The van der Waals surface area contributed by atoms with Gasteiger partial charge in [-0.1, -0.05) is 11.8 Å². The lowest BCUT2D eigenvalue weighted by atomic mass is 10.2. The van der Waals surface area contributed by atoms with Gasteiger partial charge in [0.1, 0.15) is 5.75 Å². The zero-order valence-electron chi connectivity index (χ0n) is 11.3. The van der Waals surface area contributed by atoms with Gasteiger partial charge < -0.3 is 10.1 Å². The number of nitrogens with two attached hydrogens (primary N) is 2. The lowest BCUT2D eigenvalue weighted by Gasteiger charge is -2.18. The van der Waals surface area contributed by atoms with E-state index in [0.717, 1.165) is 11.8 Å². The van der Waals surface area contributed by atoms with E-state index in [4.69, 9.17) is 15.9 Å². The molecule has 1 aromatic carbocycles. The normalized spacial score (nSPS) is 17.9. The fraction of sp³-hybridized carbons (Fsp3) is 0.231. The van der Waals surface area contributed by atoms with Gasteiger partial charge in [-0.15, -0.1) is 0 Å². The van der Waals surface area contributed by atoms with Crippen molar-refractivity contribution in [3.8, 4) is 5.75 Å². The van der Waals surface area contributed by atoms with E-state index in [9.17, 15) is 9.59 Å². The number of aliphatic imine (C=N–C) groups is 1. The maximum absolute atomic E-state index is 12.2. The molecule has 0 spiro atoms. The van der Waals surface area contributed by atoms with E-state index in [0.29, 0.717) is 11.4 Å². The van der Waals surface area contributed by atoms with Crippen LogP contribution in [-0.4, -0.2) is 35.1 Å². The number of nitrogens with zero attached hydrogens (tertiary/aromatic N) is 1. The first-order valence-electron chi connectivity index (χ1n) is 6.11. The summed E-state index contributed by atoms with van der Waals surface area (Å²) in [5.74, 6) is -0.0790. The standard InChI is InChI=1S/C13H14N4O3S/c1-20-8-4-2-7(3-5-8)16-12(19)9-6-10(18)17-13(21-9)11(14)15/h2-5,9H,6H2,1H3,(H3,14,15)(H,16,19)/p+1/t9-/m1/s1. The first-order valence-corrected chi connectivity index (χ1v) is 6.99. The molecule has 2 rings (SSSR count). The predicted molar refractivity (Wildman–Crippen MR) is 81.2 cm³/mol. The summed E-state index contributed by atoms with van der Waals surface area (Å²) in [6.45, 7) is 0. The highest BCUT2D eigenvalue weighted by molar-refractivity contribution is 8.16. The number of benzene rings is 1. The van der Waals surface area contributed by atoms with E-state index in [1.54, 1.807) is 31.4 Å². The summed E-state index contributed by atoms with van der Waals surface area (Å²) >= 11 is 1.08. The van der Waals surface area contributed by atoms with Crippen LogP contribution in [0, 0.1) is 0 Å². The SMILES string of the molecule is COc1ccc(NC(=O)[C@H]2CC(=O)N=C(C(N)=[NH2+])S2)cc1. The quantitative estimate of drug-likeness (QED) is 0.496. The Morgan fingerprint density at radius 3 is 2.71 bits per heavy atom. The molecule has 0 unspecified atom stereocenters. The Balaban J connectivity index is 2.04. The molecule has 110 valence electrons. The van der Waals surface area contributed by atoms with Crippen LogP contribution in [0.25, 0.3) is 0 Å². The number of methoxy groups -OCH3 is 1. The molecule has 0 fully saturated rings. The van der Waals surface area contributed by atoms with Crippen molar-refractivity contribution in [1.82, 2.24) is 0 Å². The third-order valence-electron chi connectivity index (χ3n) is 2.74. The van der Waals surface area contributed by atoms with Crippen LogP contribution in [-0.2, 0) is 9.59 Å². The molecule has 1 aliphatic heterocycles. The zero-order chi connectivity index (χ0) is 15.4. The summed E-state index contributed by atoms with van der Waals surface area (Å²) in [6.07, 6.45) is 0.0173. The summed E-state index contributed by atoms with van der Waals surface area (Å²) in [4.78, 5) is 27.4. The molecule has 0 saturated heterocycles. The molecule has 0 bridgehead atoms. The van der Waals surface area contributed by atoms with Crippen molar-refractivity contribution in [2.24, 2.45) is 10.7 Å². The van der Waals surface area contributed by atoms with Crippen molar-refractivity contribution in [3.05, 3.63) is 24.3 Å². The van der Waals surface area contributed by atoms with Crippen LogP contribution in [0.3, 0.4) is 0 Å². The number of carbonyl (C=O) groups is 2. The van der Waals surface area contributed by atoms with Crippen molar-refractivity contribution in [3.63, 3.8) is 0 Å². The van der Waals surface area contributed by atoms with E-state index in [2.05, 4.69) is 10.3 Å². The van der Waals surface area contributed by atoms with E-state index in [1.807, 2.05) is 0 Å². The van der Waals surface area contributed by atoms with Gasteiger partial charge in [0.05, 0.1) is 18.8 Å². The lowest BCUT2D eigenvalue weighted by molar-refractivity contribution is -0.122. The van der Waals surface area contributed by atoms with Gasteiger partial charge in [-0.2, -0.15) is 4.99 Å². The smallest absolute Gasteiger partial charge is 0.296 e. The lowest BCUT2D eigenvalue weighted by Crippen LogP contribution is -2.51. The van der Waals surface area contributed by atoms with Crippen LogP contribution in [0.15, 0.2) is 29.3 Å². The minimum Gasteiger partial charge on any atom is -0.497 e. The number of nitrogens with one attached hydrogen (secondary N) is 1. The molecule has 0 aliphatic carbocycles. The predicted octanol–water partition coefficient (Wildman–Crippen LogP) is -0.819. The van der Waals surface area contributed by atoms with Gasteiger partial charge in [-0.25, -0.2) is 0 Å². The highest BCUT2D eigenvalue weighted by Gasteiger charge is 2.31. The van der Waals surface area contributed by atoms with Crippen molar-refractivity contribution >= 4 is 40.1 Å². The third kappa shape index (κ3) is 3.82. The number of thioether (sulfide) groups is 1. The summed E-state index contributed by atoms with van der Waals surface area (Å²) in [5, 5.41) is 7.74. The van der Waals surface area contributed by atoms with Gasteiger partial charge in [-0.3, -0.25) is 20.7 Å². The van der Waals surface area contributed by atoms with Crippen molar-refractivity contribution in [2.75, 3.05) is 12.4 Å². The number of carbonyl (C=O) groups excluding carboxylic acids is 2. The molecular formula is C13H15N4O3S+. The molecule has 0 aromatic heterocycles. The Kier molecular flexibility index (Phi) is 4.59. The molecule has 2 amide bonds. The van der Waals surface area contributed by atoms with Crippen molar-refractivity contribution in [1.29, 1.82) is 0 Å². The molecular weight excluding hydrogens is 292 g/mol. The zero-order valence-corrected chi connectivity index (χ0v) is 12.1.